The second kappa shape index (κ2) is 6.79. The van der Waals surface area contributed by atoms with Crippen LogP contribution >= 0.6 is 15.9 Å². The molecule has 0 unspecified atom stereocenters. The van der Waals surface area contributed by atoms with E-state index in [9.17, 15) is 8.42 Å². The van der Waals surface area contributed by atoms with E-state index in [2.05, 4.69) is 26.8 Å². The SMILES string of the molecule is C#CCN1CCN(S(=O)(=O)c2cc(Br)ccc2OC)CC1. The van der Waals surface area contributed by atoms with E-state index in [1.54, 1.807) is 18.2 Å². The predicted octanol–water partition coefficient (Wildman–Crippen LogP) is 1.40. The van der Waals surface area contributed by atoms with Crippen molar-refractivity contribution in [3.05, 3.63) is 22.7 Å². The molecule has 2 rings (SSSR count). The minimum Gasteiger partial charge on any atom is -0.495 e. The summed E-state index contributed by atoms with van der Waals surface area (Å²) in [4.78, 5) is 2.24. The van der Waals surface area contributed by atoms with Crippen LogP contribution < -0.4 is 4.74 Å². The second-order valence-corrected chi connectivity index (χ2v) is 7.50. The van der Waals surface area contributed by atoms with Gasteiger partial charge in [-0.05, 0) is 18.2 Å². The van der Waals surface area contributed by atoms with E-state index in [1.165, 1.54) is 11.4 Å². The first-order valence-electron chi connectivity index (χ1n) is 6.48. The molecular formula is C14H17BrN2O3S. The number of piperazine rings is 1. The zero-order valence-electron chi connectivity index (χ0n) is 11.8. The number of rotatable bonds is 4. The number of ether oxygens (including phenoxy) is 1. The lowest BCUT2D eigenvalue weighted by Gasteiger charge is -2.33. The molecule has 21 heavy (non-hydrogen) atoms. The number of benzene rings is 1. The molecule has 1 saturated heterocycles. The monoisotopic (exact) mass is 372 g/mol. The number of terminal acetylenes is 1. The maximum absolute atomic E-state index is 12.7. The lowest BCUT2D eigenvalue weighted by molar-refractivity contribution is 0.206. The van der Waals surface area contributed by atoms with E-state index in [0.29, 0.717) is 42.9 Å². The van der Waals surface area contributed by atoms with Gasteiger partial charge in [0.05, 0.1) is 13.7 Å². The summed E-state index contributed by atoms with van der Waals surface area (Å²) < 4.78 is 32.9. The molecule has 0 saturated carbocycles. The van der Waals surface area contributed by atoms with Crippen LogP contribution in [-0.4, -0.2) is 57.5 Å². The van der Waals surface area contributed by atoms with E-state index >= 15 is 0 Å². The molecule has 1 aliphatic rings. The lowest BCUT2D eigenvalue weighted by atomic mass is 10.3. The highest BCUT2D eigenvalue weighted by Gasteiger charge is 2.30. The third kappa shape index (κ3) is 3.58. The molecule has 0 amide bonds. The van der Waals surface area contributed by atoms with Crippen LogP contribution in [0.15, 0.2) is 27.6 Å². The van der Waals surface area contributed by atoms with Crippen LogP contribution in [-0.2, 0) is 10.0 Å². The highest BCUT2D eigenvalue weighted by atomic mass is 79.9. The summed E-state index contributed by atoms with van der Waals surface area (Å²) in [7, 11) is -2.10. The van der Waals surface area contributed by atoms with Crippen LogP contribution in [0.5, 0.6) is 5.75 Å². The van der Waals surface area contributed by atoms with Crippen molar-refractivity contribution >= 4 is 26.0 Å². The van der Waals surface area contributed by atoms with Crippen molar-refractivity contribution in [2.45, 2.75) is 4.90 Å². The Morgan fingerprint density at radius 1 is 1.33 bits per heavy atom. The maximum Gasteiger partial charge on any atom is 0.246 e. The molecule has 1 aromatic rings. The van der Waals surface area contributed by atoms with E-state index in [4.69, 9.17) is 11.2 Å². The standard InChI is InChI=1S/C14H17BrN2O3S/c1-3-6-16-7-9-17(10-8-16)21(18,19)14-11-12(15)4-5-13(14)20-2/h1,4-5,11H,6-10H2,2H3. The van der Waals surface area contributed by atoms with Crippen LogP contribution in [0.1, 0.15) is 0 Å². The van der Waals surface area contributed by atoms with E-state index in [-0.39, 0.29) is 4.90 Å². The summed E-state index contributed by atoms with van der Waals surface area (Å²) in [6, 6.07) is 4.97. The van der Waals surface area contributed by atoms with Crippen molar-refractivity contribution in [3.63, 3.8) is 0 Å². The largest absolute Gasteiger partial charge is 0.495 e. The topological polar surface area (TPSA) is 49.9 Å². The smallest absolute Gasteiger partial charge is 0.246 e. The van der Waals surface area contributed by atoms with Crippen molar-refractivity contribution in [1.29, 1.82) is 0 Å². The molecule has 0 atom stereocenters. The Hall–Kier alpha value is -1.07. The summed E-state index contributed by atoms with van der Waals surface area (Å²) in [6.07, 6.45) is 5.28. The number of hydrogen-bond donors (Lipinski definition) is 0. The van der Waals surface area contributed by atoms with E-state index in [0.717, 1.165) is 0 Å². The Labute approximate surface area is 134 Å². The zero-order chi connectivity index (χ0) is 15.5. The summed E-state index contributed by atoms with van der Waals surface area (Å²) >= 11 is 3.30. The van der Waals surface area contributed by atoms with Gasteiger partial charge in [0.25, 0.3) is 0 Å². The minimum absolute atomic E-state index is 0.185. The predicted molar refractivity (Wildman–Crippen MR) is 84.7 cm³/mol. The Kier molecular flexibility index (Phi) is 5.27. The summed E-state index contributed by atoms with van der Waals surface area (Å²) in [5, 5.41) is 0. The van der Waals surface area contributed by atoms with Crippen LogP contribution in [0.25, 0.3) is 0 Å². The minimum atomic E-state index is -3.57. The van der Waals surface area contributed by atoms with Crippen molar-refractivity contribution in [3.8, 4) is 18.1 Å². The zero-order valence-corrected chi connectivity index (χ0v) is 14.2. The number of sulfonamides is 1. The second-order valence-electron chi connectivity index (χ2n) is 4.68. The van der Waals surface area contributed by atoms with Gasteiger partial charge in [0.15, 0.2) is 0 Å². The molecule has 7 heteroatoms. The molecule has 1 aliphatic heterocycles. The van der Waals surface area contributed by atoms with Crippen molar-refractivity contribution in [1.82, 2.24) is 9.21 Å². The summed E-state index contributed by atoms with van der Waals surface area (Å²) in [5.74, 6) is 2.93. The maximum atomic E-state index is 12.7. The fraction of sp³-hybridized carbons (Fsp3) is 0.429. The van der Waals surface area contributed by atoms with Crippen LogP contribution in [0.2, 0.25) is 0 Å². The molecule has 1 aromatic carbocycles. The highest BCUT2D eigenvalue weighted by Crippen LogP contribution is 2.30. The van der Waals surface area contributed by atoms with Crippen LogP contribution in [0, 0.1) is 12.3 Å². The first kappa shape index (κ1) is 16.3. The molecule has 5 nitrogen and oxygen atoms in total. The van der Waals surface area contributed by atoms with Gasteiger partial charge in [0, 0.05) is 30.7 Å². The van der Waals surface area contributed by atoms with Crippen LogP contribution in [0.4, 0.5) is 0 Å². The third-order valence-corrected chi connectivity index (χ3v) is 5.80. The van der Waals surface area contributed by atoms with Crippen molar-refractivity contribution in [2.24, 2.45) is 0 Å². The van der Waals surface area contributed by atoms with Gasteiger partial charge < -0.3 is 4.74 Å². The van der Waals surface area contributed by atoms with Gasteiger partial charge in [-0.1, -0.05) is 21.9 Å². The van der Waals surface area contributed by atoms with Gasteiger partial charge in [0.2, 0.25) is 10.0 Å². The fourth-order valence-corrected chi connectivity index (χ4v) is 4.36. The molecule has 0 aliphatic carbocycles. The Morgan fingerprint density at radius 2 is 2.00 bits per heavy atom. The first-order valence-corrected chi connectivity index (χ1v) is 8.72. The Morgan fingerprint density at radius 3 is 2.57 bits per heavy atom. The molecule has 0 aromatic heterocycles. The molecule has 0 N–H and O–H groups in total. The molecule has 0 radical (unpaired) electrons. The highest BCUT2D eigenvalue weighted by molar-refractivity contribution is 9.10. The molecular weight excluding hydrogens is 356 g/mol. The van der Waals surface area contributed by atoms with Crippen LogP contribution in [0.3, 0.4) is 0 Å². The average molecular weight is 373 g/mol. The summed E-state index contributed by atoms with van der Waals surface area (Å²) in [5.41, 5.74) is 0. The number of hydrogen-bond acceptors (Lipinski definition) is 4. The number of nitrogens with zero attached hydrogens (tertiary/aromatic N) is 2. The normalized spacial score (nSPS) is 17.4. The number of halogens is 1. The van der Waals surface area contributed by atoms with Gasteiger partial charge in [-0.15, -0.1) is 6.42 Å². The van der Waals surface area contributed by atoms with Crippen molar-refractivity contribution in [2.75, 3.05) is 39.8 Å². The molecule has 1 fully saturated rings. The molecule has 1 heterocycles. The average Bonchev–Trinajstić information content (AvgIpc) is 2.48. The first-order chi connectivity index (χ1) is 9.98. The molecule has 114 valence electrons. The third-order valence-electron chi connectivity index (χ3n) is 3.39. The Bertz CT molecular complexity index is 647. The van der Waals surface area contributed by atoms with E-state index in [1.807, 2.05) is 0 Å². The van der Waals surface area contributed by atoms with Gasteiger partial charge in [-0.2, -0.15) is 4.31 Å². The summed E-state index contributed by atoms with van der Waals surface area (Å²) in [6.45, 7) is 2.69. The number of methoxy groups -OCH3 is 1. The van der Waals surface area contributed by atoms with Gasteiger partial charge >= 0.3 is 0 Å². The molecule has 0 spiro atoms. The molecule has 0 bridgehead atoms. The fourth-order valence-electron chi connectivity index (χ4n) is 2.25. The van der Waals surface area contributed by atoms with Gasteiger partial charge in [-0.3, -0.25) is 4.90 Å². The lowest BCUT2D eigenvalue weighted by Crippen LogP contribution is -2.48. The van der Waals surface area contributed by atoms with E-state index < -0.39 is 10.0 Å². The van der Waals surface area contributed by atoms with Gasteiger partial charge in [0.1, 0.15) is 10.6 Å². The van der Waals surface area contributed by atoms with Gasteiger partial charge in [-0.25, -0.2) is 8.42 Å². The Balaban J connectivity index is 2.24. The van der Waals surface area contributed by atoms with Crippen molar-refractivity contribution < 1.29 is 13.2 Å². The quantitative estimate of drug-likeness (QED) is 0.749.